The highest BCUT2D eigenvalue weighted by Gasteiger charge is 2.25. The minimum Gasteiger partial charge on any atom is -0.390 e. The van der Waals surface area contributed by atoms with Gasteiger partial charge < -0.3 is 16.2 Å². The molecule has 1 saturated heterocycles. The highest BCUT2D eigenvalue weighted by atomic mass is 32.2. The van der Waals surface area contributed by atoms with Crippen molar-refractivity contribution in [1.29, 1.82) is 0 Å². The molecule has 0 aliphatic carbocycles. The number of aliphatic hydroxyl groups excluding tert-OH is 1. The summed E-state index contributed by atoms with van der Waals surface area (Å²) in [6, 6.07) is 10.2. The van der Waals surface area contributed by atoms with Gasteiger partial charge >= 0.3 is 0 Å². The molecule has 1 aliphatic heterocycles. The molecule has 27 heavy (non-hydrogen) atoms. The van der Waals surface area contributed by atoms with Crippen LogP contribution in [-0.2, 0) is 6.54 Å². The Bertz CT molecular complexity index is 929. The van der Waals surface area contributed by atoms with E-state index in [1.54, 1.807) is 18.1 Å². The molecule has 2 atom stereocenters. The van der Waals surface area contributed by atoms with Crippen molar-refractivity contribution in [1.82, 2.24) is 19.5 Å². The highest BCUT2D eigenvalue weighted by molar-refractivity contribution is 7.98. The van der Waals surface area contributed by atoms with Gasteiger partial charge in [0.2, 0.25) is 0 Å². The van der Waals surface area contributed by atoms with Gasteiger partial charge in [-0.05, 0) is 42.5 Å². The van der Waals surface area contributed by atoms with Crippen molar-refractivity contribution >= 4 is 28.8 Å². The van der Waals surface area contributed by atoms with Crippen LogP contribution in [0.4, 0.5) is 11.5 Å². The molecule has 7 nitrogen and oxygen atoms in total. The first-order valence-electron chi connectivity index (χ1n) is 9.02. The van der Waals surface area contributed by atoms with Gasteiger partial charge in [-0.25, -0.2) is 9.50 Å². The minimum atomic E-state index is -0.476. The third kappa shape index (κ3) is 3.93. The van der Waals surface area contributed by atoms with Gasteiger partial charge in [0.15, 0.2) is 5.82 Å². The van der Waals surface area contributed by atoms with Gasteiger partial charge in [-0.2, -0.15) is 5.10 Å². The lowest BCUT2D eigenvalue weighted by Crippen LogP contribution is -2.50. The fourth-order valence-corrected chi connectivity index (χ4v) is 3.93. The molecule has 0 spiro atoms. The maximum absolute atomic E-state index is 10.1. The predicted octanol–water partition coefficient (Wildman–Crippen LogP) is 2.09. The lowest BCUT2D eigenvalue weighted by Gasteiger charge is -2.33. The standard InChI is InChI=1S/C19H24N6OS/c1-27-15-4-2-3-14(9-15)23-19-18-13(5-8-25(18)22-12-21-19)10-24-7-6-16(20)17(26)11-24/h2-5,8-9,12,16-17,26H,6-7,10-11,20H2,1H3,(H,21,22,23)/t16-,17-/m1/s1. The van der Waals surface area contributed by atoms with Crippen molar-refractivity contribution in [2.45, 2.75) is 30.0 Å². The summed E-state index contributed by atoms with van der Waals surface area (Å²) in [5.74, 6) is 0.775. The van der Waals surface area contributed by atoms with Gasteiger partial charge in [0.05, 0.1) is 6.10 Å². The van der Waals surface area contributed by atoms with Crippen molar-refractivity contribution in [3.05, 3.63) is 48.4 Å². The van der Waals surface area contributed by atoms with Gasteiger partial charge in [-0.3, -0.25) is 4.90 Å². The molecule has 1 aliphatic rings. The van der Waals surface area contributed by atoms with E-state index in [2.05, 4.69) is 44.8 Å². The number of nitrogens with two attached hydrogens (primary N) is 1. The van der Waals surface area contributed by atoms with E-state index in [9.17, 15) is 5.11 Å². The van der Waals surface area contributed by atoms with Gasteiger partial charge in [-0.15, -0.1) is 11.8 Å². The summed E-state index contributed by atoms with van der Waals surface area (Å²) in [7, 11) is 0. The van der Waals surface area contributed by atoms with E-state index in [1.165, 1.54) is 4.90 Å². The van der Waals surface area contributed by atoms with Crippen molar-refractivity contribution in [2.24, 2.45) is 5.73 Å². The quantitative estimate of drug-likeness (QED) is 0.580. The molecule has 4 N–H and O–H groups in total. The first-order valence-corrected chi connectivity index (χ1v) is 10.2. The van der Waals surface area contributed by atoms with Crippen LogP contribution in [0.25, 0.3) is 5.52 Å². The average Bonchev–Trinajstić information content (AvgIpc) is 3.09. The Morgan fingerprint density at radius 1 is 1.37 bits per heavy atom. The van der Waals surface area contributed by atoms with Gasteiger partial charge in [0, 0.05) is 42.5 Å². The van der Waals surface area contributed by atoms with Gasteiger partial charge in [0.1, 0.15) is 11.8 Å². The fraction of sp³-hybridized carbons (Fsp3) is 0.368. The van der Waals surface area contributed by atoms with Crippen LogP contribution in [0.15, 0.2) is 47.8 Å². The molecule has 0 unspecified atom stereocenters. The number of hydrogen-bond acceptors (Lipinski definition) is 7. The van der Waals surface area contributed by atoms with E-state index < -0.39 is 6.10 Å². The van der Waals surface area contributed by atoms with E-state index in [4.69, 9.17) is 5.73 Å². The Labute approximate surface area is 162 Å². The molecule has 4 rings (SSSR count). The molecule has 0 radical (unpaired) electrons. The molecule has 0 amide bonds. The van der Waals surface area contributed by atoms with Crippen LogP contribution in [0.3, 0.4) is 0 Å². The largest absolute Gasteiger partial charge is 0.390 e. The number of β-amino-alcohol motifs (C(OH)–C–C–N with tert-alkyl or cyclic N) is 1. The second-order valence-electron chi connectivity index (χ2n) is 6.85. The molecule has 0 bridgehead atoms. The molecule has 1 fully saturated rings. The number of anilines is 2. The summed E-state index contributed by atoms with van der Waals surface area (Å²) in [6.45, 7) is 2.19. The van der Waals surface area contributed by atoms with Crippen molar-refractivity contribution in [3.63, 3.8) is 0 Å². The molecule has 8 heteroatoms. The average molecular weight is 385 g/mol. The first kappa shape index (κ1) is 18.2. The lowest BCUT2D eigenvalue weighted by atomic mass is 10.0. The van der Waals surface area contributed by atoms with Crippen LogP contribution in [0, 0.1) is 0 Å². The van der Waals surface area contributed by atoms with E-state index in [0.29, 0.717) is 6.54 Å². The van der Waals surface area contributed by atoms with Crippen molar-refractivity contribution in [2.75, 3.05) is 24.7 Å². The van der Waals surface area contributed by atoms with E-state index in [-0.39, 0.29) is 6.04 Å². The number of aliphatic hydroxyl groups is 1. The minimum absolute atomic E-state index is 0.128. The zero-order chi connectivity index (χ0) is 18.8. The van der Waals surface area contributed by atoms with Crippen LogP contribution in [0.1, 0.15) is 12.0 Å². The number of rotatable bonds is 5. The number of benzene rings is 1. The number of nitrogens with one attached hydrogen (secondary N) is 1. The van der Waals surface area contributed by atoms with Crippen LogP contribution < -0.4 is 11.1 Å². The van der Waals surface area contributed by atoms with Gasteiger partial charge in [-0.1, -0.05) is 6.07 Å². The smallest absolute Gasteiger partial charge is 0.158 e. The molecule has 3 aromatic rings. The molecule has 1 aromatic carbocycles. The SMILES string of the molecule is CSc1cccc(Nc2ncnn3ccc(CN4CC[C@@H](N)[C@H](O)C4)c23)c1. The summed E-state index contributed by atoms with van der Waals surface area (Å²) in [6.07, 6.45) is 5.89. The van der Waals surface area contributed by atoms with E-state index in [1.807, 2.05) is 22.8 Å². The van der Waals surface area contributed by atoms with Crippen LogP contribution in [0.2, 0.25) is 0 Å². The zero-order valence-electron chi connectivity index (χ0n) is 15.2. The van der Waals surface area contributed by atoms with Crippen LogP contribution in [-0.4, -0.2) is 56.1 Å². The third-order valence-corrected chi connectivity index (χ3v) is 5.71. The Balaban J connectivity index is 1.61. The maximum Gasteiger partial charge on any atom is 0.158 e. The third-order valence-electron chi connectivity index (χ3n) is 4.98. The Hall–Kier alpha value is -2.13. The zero-order valence-corrected chi connectivity index (χ0v) is 16.1. The van der Waals surface area contributed by atoms with Crippen LogP contribution >= 0.6 is 11.8 Å². The second-order valence-corrected chi connectivity index (χ2v) is 7.73. The lowest BCUT2D eigenvalue weighted by molar-refractivity contribution is 0.0501. The monoisotopic (exact) mass is 384 g/mol. The Kier molecular flexibility index (Phi) is 5.31. The molecular weight excluding hydrogens is 360 g/mol. The number of hydrogen-bond donors (Lipinski definition) is 3. The number of piperidine rings is 1. The summed E-state index contributed by atoms with van der Waals surface area (Å²) in [5.41, 5.74) is 9.00. The van der Waals surface area contributed by atoms with Gasteiger partial charge in [0.25, 0.3) is 0 Å². The number of likely N-dealkylation sites (tertiary alicyclic amines) is 1. The molecule has 2 aromatic heterocycles. The summed E-state index contributed by atoms with van der Waals surface area (Å²) in [4.78, 5) is 7.90. The second kappa shape index (κ2) is 7.85. The normalized spacial score (nSPS) is 20.9. The number of nitrogens with zero attached hydrogens (tertiary/aromatic N) is 4. The van der Waals surface area contributed by atoms with E-state index >= 15 is 0 Å². The van der Waals surface area contributed by atoms with Crippen LogP contribution in [0.5, 0.6) is 0 Å². The molecule has 3 heterocycles. The Morgan fingerprint density at radius 3 is 3.07 bits per heavy atom. The number of fused-ring (bicyclic) bond motifs is 1. The summed E-state index contributed by atoms with van der Waals surface area (Å²) >= 11 is 1.71. The maximum atomic E-state index is 10.1. The summed E-state index contributed by atoms with van der Waals surface area (Å²) in [5, 5.41) is 17.8. The highest BCUT2D eigenvalue weighted by Crippen LogP contribution is 2.26. The number of aromatic nitrogens is 3. The molecule has 0 saturated carbocycles. The van der Waals surface area contributed by atoms with E-state index in [0.717, 1.165) is 42.1 Å². The Morgan fingerprint density at radius 2 is 2.26 bits per heavy atom. The number of thioether (sulfide) groups is 1. The molecule has 142 valence electrons. The topological polar surface area (TPSA) is 91.7 Å². The molecular formula is C19H24N6OS. The van der Waals surface area contributed by atoms with Crippen molar-refractivity contribution in [3.8, 4) is 0 Å². The summed E-state index contributed by atoms with van der Waals surface area (Å²) < 4.78 is 1.84. The predicted molar refractivity (Wildman–Crippen MR) is 108 cm³/mol. The fourth-order valence-electron chi connectivity index (χ4n) is 3.47. The van der Waals surface area contributed by atoms with Crippen molar-refractivity contribution < 1.29 is 5.11 Å². The first-order chi connectivity index (χ1) is 13.1.